The summed E-state index contributed by atoms with van der Waals surface area (Å²) in [5, 5.41) is 0. The van der Waals surface area contributed by atoms with Crippen LogP contribution in [0.1, 0.15) is 121 Å². The Labute approximate surface area is 197 Å². The molecule has 0 N–H and O–H groups in total. The van der Waals surface area contributed by atoms with Crippen LogP contribution in [0.2, 0.25) is 0 Å². The molecule has 2 heteroatoms. The van der Waals surface area contributed by atoms with Gasteiger partial charge in [0.2, 0.25) is 0 Å². The van der Waals surface area contributed by atoms with Crippen molar-refractivity contribution >= 4 is 11.6 Å². The fraction of sp³-hybridized carbons (Fsp3) is 0.800. The molecule has 4 aliphatic rings. The van der Waals surface area contributed by atoms with Crippen molar-refractivity contribution in [1.29, 1.82) is 0 Å². The number of allylic oxidation sites excluding steroid dienone is 4. The van der Waals surface area contributed by atoms with E-state index in [4.69, 9.17) is 0 Å². The smallest absolute Gasteiger partial charge is 0.159 e. The van der Waals surface area contributed by atoms with Gasteiger partial charge in [-0.1, -0.05) is 79.0 Å². The molecule has 4 rings (SSSR count). The Balaban J connectivity index is 0.000000182. The molecule has 0 radical (unpaired) electrons. The van der Waals surface area contributed by atoms with Gasteiger partial charge in [0.25, 0.3) is 0 Å². The van der Waals surface area contributed by atoms with Crippen LogP contribution in [-0.4, -0.2) is 11.6 Å². The normalized spacial score (nSPS) is 35.0. The lowest BCUT2D eigenvalue weighted by atomic mass is 9.57. The Morgan fingerprint density at radius 2 is 1.47 bits per heavy atom. The van der Waals surface area contributed by atoms with Crippen LogP contribution in [0.25, 0.3) is 0 Å². The quantitative estimate of drug-likeness (QED) is 0.385. The van der Waals surface area contributed by atoms with E-state index in [1.165, 1.54) is 30.4 Å². The molecule has 2 nitrogen and oxygen atoms in total. The maximum absolute atomic E-state index is 12.1. The first kappa shape index (κ1) is 25.4. The highest BCUT2D eigenvalue weighted by molar-refractivity contribution is 5.99. The summed E-state index contributed by atoms with van der Waals surface area (Å²) in [5.41, 5.74) is 6.41. The predicted molar refractivity (Wildman–Crippen MR) is 134 cm³/mol. The molecule has 0 amide bonds. The van der Waals surface area contributed by atoms with Gasteiger partial charge in [0.1, 0.15) is 5.78 Å². The summed E-state index contributed by atoms with van der Waals surface area (Å²) >= 11 is 0. The van der Waals surface area contributed by atoms with E-state index in [-0.39, 0.29) is 16.2 Å². The Morgan fingerprint density at radius 1 is 0.844 bits per heavy atom. The van der Waals surface area contributed by atoms with Crippen LogP contribution in [-0.2, 0) is 9.59 Å². The Kier molecular flexibility index (Phi) is 6.55. The lowest BCUT2D eigenvalue weighted by molar-refractivity contribution is -0.129. The molecule has 0 saturated heterocycles. The third-order valence-corrected chi connectivity index (χ3v) is 10.5. The van der Waals surface area contributed by atoms with Gasteiger partial charge in [0, 0.05) is 17.4 Å². The molecule has 3 unspecified atom stereocenters. The molecule has 0 aromatic heterocycles. The van der Waals surface area contributed by atoms with Crippen LogP contribution < -0.4 is 0 Å². The molecule has 0 aromatic carbocycles. The summed E-state index contributed by atoms with van der Waals surface area (Å²) in [7, 11) is 0. The van der Waals surface area contributed by atoms with Gasteiger partial charge >= 0.3 is 0 Å². The first-order valence-electron chi connectivity index (χ1n) is 13.1. The topological polar surface area (TPSA) is 34.1 Å². The van der Waals surface area contributed by atoms with Crippen molar-refractivity contribution in [1.82, 2.24) is 0 Å². The molecule has 0 spiro atoms. The first-order valence-corrected chi connectivity index (χ1v) is 13.1. The largest absolute Gasteiger partial charge is 0.299 e. The van der Waals surface area contributed by atoms with E-state index in [0.29, 0.717) is 28.8 Å². The molecule has 0 aliphatic heterocycles. The monoisotopic (exact) mass is 440 g/mol. The Morgan fingerprint density at radius 3 is 2.03 bits per heavy atom. The average molecular weight is 441 g/mol. The zero-order chi connectivity index (χ0) is 24.3. The van der Waals surface area contributed by atoms with Crippen molar-refractivity contribution in [2.24, 2.45) is 33.5 Å². The molecule has 0 aromatic rings. The standard InChI is InChI=1S/C16H26O.C14H22O/c1-11-9-13-7-6-8-15(3,4)14(13)10-16(11,5)12(2)17;1-9-13(2,3)10-7-6-8-11(15)12(10)14(9,4)5/h11H,6-10H2,1-5H3;9H,6-8H2,1-5H3. The summed E-state index contributed by atoms with van der Waals surface area (Å²) in [5.74, 6) is 1.86. The van der Waals surface area contributed by atoms with Gasteiger partial charge in [0.15, 0.2) is 5.78 Å². The zero-order valence-corrected chi connectivity index (χ0v) is 22.6. The minimum absolute atomic E-state index is 0.0797. The van der Waals surface area contributed by atoms with Crippen LogP contribution in [0, 0.1) is 33.5 Å². The third-order valence-electron chi connectivity index (χ3n) is 10.5. The van der Waals surface area contributed by atoms with E-state index < -0.39 is 0 Å². The predicted octanol–water partition coefficient (Wildman–Crippen LogP) is 8.26. The van der Waals surface area contributed by atoms with Crippen molar-refractivity contribution in [3.05, 3.63) is 22.3 Å². The molecule has 0 bridgehead atoms. The summed E-state index contributed by atoms with van der Waals surface area (Å²) in [4.78, 5) is 24.1. The van der Waals surface area contributed by atoms with Crippen molar-refractivity contribution in [2.75, 3.05) is 0 Å². The summed E-state index contributed by atoms with van der Waals surface area (Å²) < 4.78 is 0. The first-order chi connectivity index (χ1) is 14.6. The van der Waals surface area contributed by atoms with Gasteiger partial charge < -0.3 is 0 Å². The SMILES string of the molecule is CC(=O)C1(C)CC2=C(CCCC2(C)C)CC1C.CC1C(C)(C)C2=C(C(=O)CCC2)C1(C)C. The third kappa shape index (κ3) is 3.98. The summed E-state index contributed by atoms with van der Waals surface area (Å²) in [6.45, 7) is 22.3. The highest BCUT2D eigenvalue weighted by atomic mass is 16.1. The Bertz CT molecular complexity index is 863. The van der Waals surface area contributed by atoms with Gasteiger partial charge in [-0.15, -0.1) is 0 Å². The van der Waals surface area contributed by atoms with Gasteiger partial charge in [-0.2, -0.15) is 0 Å². The maximum atomic E-state index is 12.1. The average Bonchev–Trinajstić information content (AvgIpc) is 2.82. The lowest BCUT2D eigenvalue weighted by Crippen LogP contribution is -2.40. The number of hydrogen-bond donors (Lipinski definition) is 0. The molecular weight excluding hydrogens is 392 g/mol. The van der Waals surface area contributed by atoms with Crippen LogP contribution in [0.3, 0.4) is 0 Å². The molecule has 0 fully saturated rings. The molecular formula is C30H48O2. The molecule has 3 atom stereocenters. The number of hydrogen-bond acceptors (Lipinski definition) is 2. The van der Waals surface area contributed by atoms with Gasteiger partial charge in [0.05, 0.1) is 0 Å². The zero-order valence-electron chi connectivity index (χ0n) is 22.6. The van der Waals surface area contributed by atoms with Crippen molar-refractivity contribution in [3.8, 4) is 0 Å². The molecule has 0 saturated carbocycles. The minimum atomic E-state index is -0.118. The molecule has 4 aliphatic carbocycles. The fourth-order valence-corrected chi connectivity index (χ4v) is 7.34. The number of ketones is 2. The van der Waals surface area contributed by atoms with Gasteiger partial charge in [-0.3, -0.25) is 9.59 Å². The fourth-order valence-electron chi connectivity index (χ4n) is 7.34. The van der Waals surface area contributed by atoms with Crippen molar-refractivity contribution in [2.45, 2.75) is 121 Å². The Hall–Kier alpha value is -1.18. The summed E-state index contributed by atoms with van der Waals surface area (Å²) in [6.07, 6.45) is 9.01. The van der Waals surface area contributed by atoms with Crippen LogP contribution >= 0.6 is 0 Å². The second-order valence-electron chi connectivity index (χ2n) is 13.4. The highest BCUT2D eigenvalue weighted by Crippen LogP contribution is 2.60. The maximum Gasteiger partial charge on any atom is 0.159 e. The highest BCUT2D eigenvalue weighted by Gasteiger charge is 2.52. The number of carbonyl (C=O) groups excluding carboxylic acids is 2. The molecule has 180 valence electrons. The van der Waals surface area contributed by atoms with E-state index in [2.05, 4.69) is 62.3 Å². The van der Waals surface area contributed by atoms with E-state index in [1.54, 1.807) is 18.1 Å². The minimum Gasteiger partial charge on any atom is -0.299 e. The number of rotatable bonds is 1. The van der Waals surface area contributed by atoms with E-state index in [0.717, 1.165) is 32.1 Å². The van der Waals surface area contributed by atoms with Gasteiger partial charge in [-0.05, 0) is 80.0 Å². The van der Waals surface area contributed by atoms with E-state index >= 15 is 0 Å². The van der Waals surface area contributed by atoms with Gasteiger partial charge in [-0.25, -0.2) is 0 Å². The van der Waals surface area contributed by atoms with Crippen LogP contribution in [0.15, 0.2) is 22.3 Å². The van der Waals surface area contributed by atoms with Crippen LogP contribution in [0.4, 0.5) is 0 Å². The summed E-state index contributed by atoms with van der Waals surface area (Å²) in [6, 6.07) is 0. The number of carbonyl (C=O) groups is 2. The lowest BCUT2D eigenvalue weighted by Gasteiger charge is -2.47. The molecule has 0 heterocycles. The number of Topliss-reactive ketones (excluding diaryl/α,β-unsaturated/α-hetero) is 2. The second kappa shape index (κ2) is 8.24. The van der Waals surface area contributed by atoms with E-state index in [1.807, 2.05) is 0 Å². The van der Waals surface area contributed by atoms with Crippen molar-refractivity contribution < 1.29 is 9.59 Å². The van der Waals surface area contributed by atoms with E-state index in [9.17, 15) is 9.59 Å². The second-order valence-corrected chi connectivity index (χ2v) is 13.4. The molecule has 32 heavy (non-hydrogen) atoms. The van der Waals surface area contributed by atoms with Crippen molar-refractivity contribution in [3.63, 3.8) is 0 Å². The van der Waals surface area contributed by atoms with Crippen LogP contribution in [0.5, 0.6) is 0 Å².